The van der Waals surface area contributed by atoms with Crippen LogP contribution in [-0.2, 0) is 9.59 Å². The molecule has 2 N–H and O–H groups in total. The van der Waals surface area contributed by atoms with Crippen LogP contribution < -0.4 is 15.6 Å². The Kier molecular flexibility index (Phi) is 6.72. The van der Waals surface area contributed by atoms with Crippen molar-refractivity contribution in [3.63, 3.8) is 0 Å². The molecular weight excluding hydrogens is 268 g/mol. The molecule has 2 amide bonds. The zero-order chi connectivity index (χ0) is 15.8. The summed E-state index contributed by atoms with van der Waals surface area (Å²) in [5, 5.41) is 0. The van der Waals surface area contributed by atoms with E-state index in [1.165, 1.54) is 5.56 Å². The number of carbonyl (C=O) groups excluding carboxylic acids is 2. The van der Waals surface area contributed by atoms with Gasteiger partial charge in [-0.15, -0.1) is 0 Å². The Labute approximate surface area is 126 Å². The summed E-state index contributed by atoms with van der Waals surface area (Å²) in [5.41, 5.74) is 5.92. The first-order chi connectivity index (χ1) is 9.93. The van der Waals surface area contributed by atoms with Crippen molar-refractivity contribution in [3.05, 3.63) is 29.8 Å². The van der Waals surface area contributed by atoms with Crippen LogP contribution in [0.25, 0.3) is 0 Å². The molecular formula is C16H24N2O3. The lowest BCUT2D eigenvalue weighted by Crippen LogP contribution is -2.47. The molecule has 0 aliphatic heterocycles. The molecule has 21 heavy (non-hydrogen) atoms. The fourth-order valence-electron chi connectivity index (χ4n) is 1.71. The van der Waals surface area contributed by atoms with Gasteiger partial charge in [0, 0.05) is 6.42 Å². The normalized spacial score (nSPS) is 11.9. The molecule has 5 heteroatoms. The van der Waals surface area contributed by atoms with E-state index in [9.17, 15) is 9.59 Å². The van der Waals surface area contributed by atoms with E-state index in [4.69, 9.17) is 4.74 Å². The van der Waals surface area contributed by atoms with Crippen molar-refractivity contribution in [1.82, 2.24) is 10.9 Å². The number of hydrogen-bond acceptors (Lipinski definition) is 3. The topological polar surface area (TPSA) is 67.4 Å². The minimum atomic E-state index is -0.683. The second-order valence-electron chi connectivity index (χ2n) is 5.27. The molecule has 1 rings (SSSR count). The van der Waals surface area contributed by atoms with Gasteiger partial charge in [0.25, 0.3) is 5.91 Å². The Bertz CT molecular complexity index is 469. The molecule has 1 atom stereocenters. The van der Waals surface area contributed by atoms with E-state index in [0.29, 0.717) is 18.1 Å². The van der Waals surface area contributed by atoms with Crippen molar-refractivity contribution >= 4 is 11.8 Å². The number of amides is 2. The Balaban J connectivity index is 2.46. The zero-order valence-electron chi connectivity index (χ0n) is 13.1. The maximum atomic E-state index is 11.8. The summed E-state index contributed by atoms with van der Waals surface area (Å²) in [4.78, 5) is 23.0. The molecule has 5 nitrogen and oxygen atoms in total. The van der Waals surface area contributed by atoms with Gasteiger partial charge in [0.15, 0.2) is 6.10 Å². The molecule has 0 radical (unpaired) electrons. The van der Waals surface area contributed by atoms with Crippen LogP contribution in [0.5, 0.6) is 5.75 Å². The van der Waals surface area contributed by atoms with Gasteiger partial charge < -0.3 is 4.74 Å². The van der Waals surface area contributed by atoms with Crippen LogP contribution in [0.1, 0.15) is 52.0 Å². The van der Waals surface area contributed by atoms with Crippen LogP contribution in [0, 0.1) is 0 Å². The summed E-state index contributed by atoms with van der Waals surface area (Å²) in [5.74, 6) is 0.488. The van der Waals surface area contributed by atoms with Crippen LogP contribution in [0.15, 0.2) is 24.3 Å². The Hall–Kier alpha value is -2.04. The Morgan fingerprint density at radius 1 is 1.10 bits per heavy atom. The summed E-state index contributed by atoms with van der Waals surface area (Å²) < 4.78 is 5.54. The molecule has 0 aliphatic carbocycles. The summed E-state index contributed by atoms with van der Waals surface area (Å²) in [6.45, 7) is 7.77. The van der Waals surface area contributed by atoms with Crippen molar-refractivity contribution in [1.29, 1.82) is 0 Å². The number of nitrogens with one attached hydrogen (secondary N) is 2. The smallest absolute Gasteiger partial charge is 0.279 e. The van der Waals surface area contributed by atoms with E-state index in [2.05, 4.69) is 24.7 Å². The highest BCUT2D eigenvalue weighted by Gasteiger charge is 2.15. The minimum absolute atomic E-state index is 0.209. The molecule has 0 bridgehead atoms. The van der Waals surface area contributed by atoms with E-state index in [1.807, 2.05) is 31.2 Å². The van der Waals surface area contributed by atoms with E-state index in [1.54, 1.807) is 6.92 Å². The highest BCUT2D eigenvalue weighted by atomic mass is 16.5. The summed E-state index contributed by atoms with van der Waals surface area (Å²) in [6.07, 6.45) is 0.430. The third kappa shape index (κ3) is 5.85. The fourth-order valence-corrected chi connectivity index (χ4v) is 1.71. The Morgan fingerprint density at radius 2 is 1.71 bits per heavy atom. The number of benzene rings is 1. The van der Waals surface area contributed by atoms with Gasteiger partial charge in [0.1, 0.15) is 5.75 Å². The van der Waals surface area contributed by atoms with Gasteiger partial charge >= 0.3 is 0 Å². The monoisotopic (exact) mass is 292 g/mol. The van der Waals surface area contributed by atoms with Gasteiger partial charge in [-0.1, -0.05) is 32.9 Å². The van der Waals surface area contributed by atoms with Crippen molar-refractivity contribution in [2.24, 2.45) is 0 Å². The fraction of sp³-hybridized carbons (Fsp3) is 0.500. The molecule has 116 valence electrons. The van der Waals surface area contributed by atoms with Crippen LogP contribution in [-0.4, -0.2) is 17.9 Å². The molecule has 1 aromatic carbocycles. The van der Waals surface area contributed by atoms with Crippen molar-refractivity contribution in [2.75, 3.05) is 0 Å². The van der Waals surface area contributed by atoms with E-state index >= 15 is 0 Å². The first-order valence-electron chi connectivity index (χ1n) is 7.29. The molecule has 0 aliphatic rings. The average molecular weight is 292 g/mol. The van der Waals surface area contributed by atoms with Gasteiger partial charge in [-0.05, 0) is 37.0 Å². The van der Waals surface area contributed by atoms with Gasteiger partial charge in [-0.25, -0.2) is 0 Å². The molecule has 0 saturated heterocycles. The summed E-state index contributed by atoms with van der Waals surface area (Å²) in [6, 6.07) is 7.64. The Morgan fingerprint density at radius 3 is 2.24 bits per heavy atom. The molecule has 0 aromatic heterocycles. The summed E-state index contributed by atoms with van der Waals surface area (Å²) in [7, 11) is 0. The molecule has 1 aromatic rings. The van der Waals surface area contributed by atoms with Gasteiger partial charge in [-0.2, -0.15) is 0 Å². The van der Waals surface area contributed by atoms with E-state index in [-0.39, 0.29) is 11.8 Å². The van der Waals surface area contributed by atoms with Crippen LogP contribution in [0.2, 0.25) is 0 Å². The minimum Gasteiger partial charge on any atom is -0.481 e. The van der Waals surface area contributed by atoms with E-state index in [0.717, 1.165) is 6.42 Å². The maximum Gasteiger partial charge on any atom is 0.279 e. The summed E-state index contributed by atoms with van der Waals surface area (Å²) >= 11 is 0. The first-order valence-corrected chi connectivity index (χ1v) is 7.29. The number of carbonyl (C=O) groups is 2. The lowest BCUT2D eigenvalue weighted by molar-refractivity contribution is -0.132. The SMILES string of the molecule is CCCC(=O)NNC(=O)C(C)Oc1ccc(C(C)C)cc1. The number of ether oxygens (including phenoxy) is 1. The number of hydrazine groups is 1. The third-order valence-corrected chi connectivity index (χ3v) is 3.03. The second-order valence-corrected chi connectivity index (χ2v) is 5.27. The molecule has 0 saturated carbocycles. The number of hydrogen-bond donors (Lipinski definition) is 2. The highest BCUT2D eigenvalue weighted by Crippen LogP contribution is 2.19. The molecule has 1 unspecified atom stereocenters. The predicted molar refractivity (Wildman–Crippen MR) is 81.8 cm³/mol. The predicted octanol–water partition coefficient (Wildman–Crippen LogP) is 2.52. The third-order valence-electron chi connectivity index (χ3n) is 3.03. The van der Waals surface area contributed by atoms with Crippen molar-refractivity contribution in [2.45, 2.75) is 52.6 Å². The van der Waals surface area contributed by atoms with Gasteiger partial charge in [-0.3, -0.25) is 20.4 Å². The molecule has 0 spiro atoms. The van der Waals surface area contributed by atoms with Crippen molar-refractivity contribution in [3.8, 4) is 5.75 Å². The van der Waals surface area contributed by atoms with E-state index < -0.39 is 6.10 Å². The number of rotatable bonds is 6. The molecule has 0 fully saturated rings. The first kappa shape index (κ1) is 17.0. The van der Waals surface area contributed by atoms with Crippen LogP contribution >= 0.6 is 0 Å². The van der Waals surface area contributed by atoms with Gasteiger partial charge in [0.2, 0.25) is 5.91 Å². The van der Waals surface area contributed by atoms with Gasteiger partial charge in [0.05, 0.1) is 0 Å². The van der Waals surface area contributed by atoms with Crippen LogP contribution in [0.4, 0.5) is 0 Å². The lowest BCUT2D eigenvalue weighted by atomic mass is 10.0. The maximum absolute atomic E-state index is 11.8. The standard InChI is InChI=1S/C16H24N2O3/c1-5-6-15(19)17-18-16(20)12(4)21-14-9-7-13(8-10-14)11(2)3/h7-12H,5-6H2,1-4H3,(H,17,19)(H,18,20). The van der Waals surface area contributed by atoms with Crippen molar-refractivity contribution < 1.29 is 14.3 Å². The molecule has 0 heterocycles. The zero-order valence-corrected chi connectivity index (χ0v) is 13.1. The quantitative estimate of drug-likeness (QED) is 0.792. The average Bonchev–Trinajstić information content (AvgIpc) is 2.45. The van der Waals surface area contributed by atoms with Crippen LogP contribution in [0.3, 0.4) is 0 Å². The highest BCUT2D eigenvalue weighted by molar-refractivity contribution is 5.84. The second kappa shape index (κ2) is 8.29. The lowest BCUT2D eigenvalue weighted by Gasteiger charge is -2.15. The largest absolute Gasteiger partial charge is 0.481 e.